The van der Waals surface area contributed by atoms with E-state index < -0.39 is 5.91 Å². The Bertz CT molecular complexity index is 1290. The van der Waals surface area contributed by atoms with Crippen LogP contribution >= 0.6 is 11.8 Å². The van der Waals surface area contributed by atoms with Gasteiger partial charge in [0.25, 0.3) is 5.91 Å². The first-order valence-electron chi connectivity index (χ1n) is 10.4. The second kappa shape index (κ2) is 10.6. The first-order valence-corrected chi connectivity index (χ1v) is 11.3. The van der Waals surface area contributed by atoms with Crippen LogP contribution in [0.4, 0.5) is 5.82 Å². The number of nitrogens with two attached hydrogens (primary N) is 1. The molecule has 0 aliphatic heterocycles. The van der Waals surface area contributed by atoms with Gasteiger partial charge in [-0.05, 0) is 66.1 Å². The molecule has 0 spiro atoms. The standard InChI is InChI=1S/C22H22N8O3S/c1-3-32-16-11-9-15(10-12-16)14(2)24-26-22(31)19-18(13-34-17-7-5-4-6-8-17)30(29-25-19)21-20(23)27-33-28-21/h4-12H,3,13H2,1-2H3,(H2,23,27)(H,26,31)/b24-14+. The molecular weight excluding hydrogens is 456 g/mol. The smallest absolute Gasteiger partial charge is 0.293 e. The Morgan fingerprint density at radius 2 is 1.94 bits per heavy atom. The van der Waals surface area contributed by atoms with Crippen molar-refractivity contribution in [3.05, 3.63) is 71.5 Å². The first-order chi connectivity index (χ1) is 16.6. The molecule has 0 saturated carbocycles. The molecule has 174 valence electrons. The first kappa shape index (κ1) is 23.0. The van der Waals surface area contributed by atoms with Gasteiger partial charge < -0.3 is 10.5 Å². The van der Waals surface area contributed by atoms with Crippen molar-refractivity contribution in [3.63, 3.8) is 0 Å². The van der Waals surface area contributed by atoms with Crippen LogP contribution in [0.5, 0.6) is 5.75 Å². The van der Waals surface area contributed by atoms with Gasteiger partial charge in [-0.3, -0.25) is 4.79 Å². The summed E-state index contributed by atoms with van der Waals surface area (Å²) in [4.78, 5) is 14.0. The Hall–Kier alpha value is -4.19. The summed E-state index contributed by atoms with van der Waals surface area (Å²) < 4.78 is 11.5. The van der Waals surface area contributed by atoms with E-state index in [2.05, 4.69) is 35.8 Å². The summed E-state index contributed by atoms with van der Waals surface area (Å²) in [6.45, 7) is 4.30. The molecule has 2 aromatic heterocycles. The molecule has 4 rings (SSSR count). The molecule has 2 heterocycles. The van der Waals surface area contributed by atoms with E-state index in [-0.39, 0.29) is 17.3 Å². The third kappa shape index (κ3) is 5.23. The van der Waals surface area contributed by atoms with Crippen LogP contribution in [0.25, 0.3) is 5.82 Å². The number of hydrogen-bond donors (Lipinski definition) is 2. The van der Waals surface area contributed by atoms with Crippen molar-refractivity contribution in [3.8, 4) is 11.6 Å². The highest BCUT2D eigenvalue weighted by Crippen LogP contribution is 2.25. The van der Waals surface area contributed by atoms with E-state index in [1.165, 1.54) is 16.4 Å². The summed E-state index contributed by atoms with van der Waals surface area (Å²) in [6.07, 6.45) is 0. The molecule has 11 nitrogen and oxygen atoms in total. The topological polar surface area (TPSA) is 146 Å². The van der Waals surface area contributed by atoms with Crippen molar-refractivity contribution in [1.82, 2.24) is 30.7 Å². The van der Waals surface area contributed by atoms with Gasteiger partial charge in [-0.15, -0.1) is 16.9 Å². The van der Waals surface area contributed by atoms with Crippen LogP contribution in [0.2, 0.25) is 0 Å². The Morgan fingerprint density at radius 3 is 2.62 bits per heavy atom. The Morgan fingerprint density at radius 1 is 1.18 bits per heavy atom. The lowest BCUT2D eigenvalue weighted by atomic mass is 10.1. The summed E-state index contributed by atoms with van der Waals surface area (Å²) in [5.74, 6) is 0.807. The molecule has 0 aliphatic carbocycles. The van der Waals surface area contributed by atoms with E-state index in [1.54, 1.807) is 6.92 Å². The fraction of sp³-hybridized carbons (Fsp3) is 0.182. The van der Waals surface area contributed by atoms with Gasteiger partial charge in [0.05, 0.1) is 18.0 Å². The number of hydrazone groups is 1. The molecule has 0 radical (unpaired) electrons. The monoisotopic (exact) mass is 478 g/mol. The average Bonchev–Trinajstić information content (AvgIpc) is 3.48. The van der Waals surface area contributed by atoms with Crippen molar-refractivity contribution in [1.29, 1.82) is 0 Å². The lowest BCUT2D eigenvalue weighted by Crippen LogP contribution is -2.21. The molecule has 0 saturated heterocycles. The molecule has 0 bridgehead atoms. The number of anilines is 1. The minimum absolute atomic E-state index is 0.0344. The average molecular weight is 479 g/mol. The molecule has 4 aromatic rings. The second-order valence-electron chi connectivity index (χ2n) is 6.97. The lowest BCUT2D eigenvalue weighted by molar-refractivity contribution is 0.0949. The second-order valence-corrected chi connectivity index (χ2v) is 8.02. The highest BCUT2D eigenvalue weighted by molar-refractivity contribution is 7.98. The predicted octanol–water partition coefficient (Wildman–Crippen LogP) is 3.08. The van der Waals surface area contributed by atoms with Crippen LogP contribution < -0.4 is 15.9 Å². The zero-order valence-electron chi connectivity index (χ0n) is 18.5. The summed E-state index contributed by atoms with van der Waals surface area (Å²) in [6, 6.07) is 17.2. The Labute approximate surface area is 199 Å². The quantitative estimate of drug-likeness (QED) is 0.210. The van der Waals surface area contributed by atoms with Gasteiger partial charge in [-0.2, -0.15) is 9.78 Å². The molecular formula is C22H22N8O3S. The predicted molar refractivity (Wildman–Crippen MR) is 127 cm³/mol. The number of ether oxygens (including phenoxy) is 1. The molecule has 0 unspecified atom stereocenters. The van der Waals surface area contributed by atoms with Crippen LogP contribution in [0.3, 0.4) is 0 Å². The fourth-order valence-corrected chi connectivity index (χ4v) is 3.91. The largest absolute Gasteiger partial charge is 0.494 e. The summed E-state index contributed by atoms with van der Waals surface area (Å²) in [7, 11) is 0. The molecule has 34 heavy (non-hydrogen) atoms. The van der Waals surface area contributed by atoms with Crippen molar-refractivity contribution >= 4 is 29.2 Å². The van der Waals surface area contributed by atoms with E-state index in [0.29, 0.717) is 23.8 Å². The van der Waals surface area contributed by atoms with E-state index in [9.17, 15) is 4.79 Å². The maximum absolute atomic E-state index is 13.0. The van der Waals surface area contributed by atoms with Gasteiger partial charge in [-0.1, -0.05) is 23.4 Å². The highest BCUT2D eigenvalue weighted by Gasteiger charge is 2.24. The molecule has 0 aliphatic rings. The maximum Gasteiger partial charge on any atom is 0.293 e. The van der Waals surface area contributed by atoms with E-state index >= 15 is 0 Å². The third-order valence-corrected chi connectivity index (χ3v) is 5.72. The number of carbonyl (C=O) groups is 1. The number of aromatic nitrogens is 5. The van der Waals surface area contributed by atoms with E-state index in [1.807, 2.05) is 61.5 Å². The number of nitrogens with zero attached hydrogens (tertiary/aromatic N) is 6. The summed E-state index contributed by atoms with van der Waals surface area (Å²) in [5.41, 5.74) is 10.4. The van der Waals surface area contributed by atoms with Crippen LogP contribution in [-0.4, -0.2) is 43.5 Å². The maximum atomic E-state index is 13.0. The molecule has 0 atom stereocenters. The van der Waals surface area contributed by atoms with Crippen LogP contribution in [0, 0.1) is 0 Å². The van der Waals surface area contributed by atoms with Crippen LogP contribution in [0.15, 0.2) is 69.2 Å². The van der Waals surface area contributed by atoms with Gasteiger partial charge in [-0.25, -0.2) is 10.1 Å². The zero-order valence-corrected chi connectivity index (χ0v) is 19.3. The third-order valence-electron chi connectivity index (χ3n) is 4.70. The van der Waals surface area contributed by atoms with Gasteiger partial charge in [0.1, 0.15) is 5.75 Å². The van der Waals surface area contributed by atoms with Gasteiger partial charge >= 0.3 is 0 Å². The van der Waals surface area contributed by atoms with Gasteiger partial charge in [0.2, 0.25) is 11.6 Å². The van der Waals surface area contributed by atoms with Crippen molar-refractivity contribution in [2.75, 3.05) is 12.3 Å². The molecule has 1 amide bonds. The Kier molecular flexibility index (Phi) is 7.18. The molecule has 3 N–H and O–H groups in total. The fourth-order valence-electron chi connectivity index (χ4n) is 3.00. The summed E-state index contributed by atoms with van der Waals surface area (Å²) >= 11 is 1.51. The number of thioether (sulfide) groups is 1. The molecule has 12 heteroatoms. The highest BCUT2D eigenvalue weighted by atomic mass is 32.2. The number of rotatable bonds is 9. The molecule has 0 fully saturated rings. The van der Waals surface area contributed by atoms with Crippen LogP contribution in [0.1, 0.15) is 35.6 Å². The molecule has 2 aromatic carbocycles. The van der Waals surface area contributed by atoms with Crippen molar-refractivity contribution in [2.45, 2.75) is 24.5 Å². The number of carbonyl (C=O) groups excluding carboxylic acids is 1. The summed E-state index contributed by atoms with van der Waals surface area (Å²) in [5, 5.41) is 19.7. The number of nitrogen functional groups attached to an aromatic ring is 1. The van der Waals surface area contributed by atoms with Crippen LogP contribution in [-0.2, 0) is 5.75 Å². The number of benzene rings is 2. The minimum atomic E-state index is -0.518. The zero-order chi connectivity index (χ0) is 23.9. The Balaban J connectivity index is 1.56. The van der Waals surface area contributed by atoms with Crippen molar-refractivity contribution in [2.24, 2.45) is 5.10 Å². The normalized spacial score (nSPS) is 11.4. The number of nitrogens with one attached hydrogen (secondary N) is 1. The number of hydrogen-bond acceptors (Lipinski definition) is 10. The van der Waals surface area contributed by atoms with Crippen molar-refractivity contribution < 1.29 is 14.2 Å². The SMILES string of the molecule is CCOc1ccc(/C(C)=N/NC(=O)c2nnn(-c3nonc3N)c2CSc2ccccc2)cc1. The number of amides is 1. The van der Waals surface area contributed by atoms with E-state index in [4.69, 9.17) is 10.5 Å². The van der Waals surface area contributed by atoms with E-state index in [0.717, 1.165) is 16.2 Å². The van der Waals surface area contributed by atoms with Gasteiger partial charge in [0.15, 0.2) is 5.69 Å². The van der Waals surface area contributed by atoms with Gasteiger partial charge in [0, 0.05) is 10.6 Å². The lowest BCUT2D eigenvalue weighted by Gasteiger charge is -2.07. The minimum Gasteiger partial charge on any atom is -0.494 e.